The minimum Gasteiger partial charge on any atom is -0.461 e. The van der Waals surface area contributed by atoms with E-state index in [2.05, 4.69) is 56.8 Å². The molecule has 0 saturated heterocycles. The van der Waals surface area contributed by atoms with Crippen LogP contribution in [0.15, 0.2) is 24.8 Å². The Hall–Kier alpha value is -0.940. The SMILES string of the molecule is C=C[C@]1(C)C[C@@H](O)[C@]2(C)[C@H](C)CC[C@]3(CC(=C)C(=O)[C@H]32)[C@@H](C)[C@@H]1OC(=O)CCCCCCCBr. The Morgan fingerprint density at radius 1 is 1.21 bits per heavy atom. The first kappa shape index (κ1) is 27.6. The van der Waals surface area contributed by atoms with Crippen LogP contribution in [0.25, 0.3) is 0 Å². The molecule has 8 atom stereocenters. The fraction of sp³-hybridized carbons (Fsp3) is 0.793. The molecule has 192 valence electrons. The number of esters is 1. The van der Waals surface area contributed by atoms with Gasteiger partial charge < -0.3 is 9.84 Å². The summed E-state index contributed by atoms with van der Waals surface area (Å²) in [5, 5.41) is 12.7. The molecule has 0 amide bonds. The van der Waals surface area contributed by atoms with Gasteiger partial charge in [0.2, 0.25) is 0 Å². The number of Topliss-reactive ketones (excluding diaryl/α,β-unsaturated/α-hetero) is 1. The summed E-state index contributed by atoms with van der Waals surface area (Å²) in [6.07, 6.45) is 9.37. The number of halogens is 1. The fourth-order valence-corrected chi connectivity index (χ4v) is 7.99. The van der Waals surface area contributed by atoms with Crippen LogP contribution in [-0.4, -0.2) is 34.4 Å². The maximum Gasteiger partial charge on any atom is 0.306 e. The van der Waals surface area contributed by atoms with E-state index in [1.807, 2.05) is 6.08 Å². The molecule has 4 nitrogen and oxygen atoms in total. The standard InChI is InChI=1S/C29H45BrO4/c1-7-27(5)18-22(31)28(6)20(3)14-15-29(17-19(2)24(33)25(28)29)21(4)26(27)34-23(32)13-11-9-8-10-12-16-30/h7,20-22,25-26,31H,1-2,8-18H2,3-6H3/t20-,21+,22-,25+,26+,27-,28+,29+/m1/s1. The van der Waals surface area contributed by atoms with Gasteiger partial charge in [0.25, 0.3) is 0 Å². The molecule has 3 rings (SSSR count). The van der Waals surface area contributed by atoms with E-state index in [0.29, 0.717) is 24.8 Å². The first-order chi connectivity index (χ1) is 16.0. The van der Waals surface area contributed by atoms with Crippen molar-refractivity contribution in [3.63, 3.8) is 0 Å². The van der Waals surface area contributed by atoms with Crippen molar-refractivity contribution in [2.24, 2.45) is 34.0 Å². The summed E-state index contributed by atoms with van der Waals surface area (Å²) in [6.45, 7) is 16.8. The lowest BCUT2D eigenvalue weighted by Gasteiger charge is -2.61. The smallest absolute Gasteiger partial charge is 0.306 e. The van der Waals surface area contributed by atoms with Crippen LogP contribution in [0.4, 0.5) is 0 Å². The Morgan fingerprint density at radius 2 is 1.85 bits per heavy atom. The molecule has 0 heterocycles. The van der Waals surface area contributed by atoms with Gasteiger partial charge in [0, 0.05) is 34.4 Å². The van der Waals surface area contributed by atoms with E-state index in [-0.39, 0.29) is 34.9 Å². The van der Waals surface area contributed by atoms with Gasteiger partial charge in [-0.15, -0.1) is 6.58 Å². The van der Waals surface area contributed by atoms with Crippen LogP contribution in [0.1, 0.15) is 91.9 Å². The van der Waals surface area contributed by atoms with E-state index >= 15 is 0 Å². The minimum atomic E-state index is -0.687. The lowest BCUT2D eigenvalue weighted by molar-refractivity contribution is -0.203. The first-order valence-electron chi connectivity index (χ1n) is 13.3. The molecule has 3 aliphatic carbocycles. The Bertz CT molecular complexity index is 808. The average Bonchev–Trinajstić information content (AvgIpc) is 3.07. The highest BCUT2D eigenvalue weighted by atomic mass is 79.9. The second kappa shape index (κ2) is 10.6. The number of rotatable bonds is 9. The van der Waals surface area contributed by atoms with Crippen molar-refractivity contribution in [3.05, 3.63) is 24.8 Å². The third kappa shape index (κ3) is 4.61. The number of aliphatic hydroxyl groups is 1. The molecule has 1 N–H and O–H groups in total. The number of hydrogen-bond donors (Lipinski definition) is 1. The Kier molecular flexibility index (Phi) is 8.60. The molecule has 3 fully saturated rings. The molecule has 0 unspecified atom stereocenters. The number of ketones is 1. The van der Waals surface area contributed by atoms with E-state index in [1.54, 1.807) is 0 Å². The van der Waals surface area contributed by atoms with E-state index < -0.39 is 23.0 Å². The van der Waals surface area contributed by atoms with Crippen LogP contribution in [0.3, 0.4) is 0 Å². The predicted octanol–water partition coefficient (Wildman–Crippen LogP) is 6.79. The lowest BCUT2D eigenvalue weighted by Crippen LogP contribution is -2.62. The molecule has 3 aliphatic rings. The molecule has 34 heavy (non-hydrogen) atoms. The Labute approximate surface area is 215 Å². The number of carbonyl (C=O) groups is 2. The van der Waals surface area contributed by atoms with Crippen LogP contribution in [0.2, 0.25) is 0 Å². The molecule has 5 heteroatoms. The summed E-state index contributed by atoms with van der Waals surface area (Å²) in [4.78, 5) is 26.5. The zero-order valence-electron chi connectivity index (χ0n) is 21.7. The van der Waals surface area contributed by atoms with Crippen molar-refractivity contribution in [1.29, 1.82) is 0 Å². The normalized spacial score (nSPS) is 42.0. The van der Waals surface area contributed by atoms with Crippen molar-refractivity contribution >= 4 is 27.7 Å². The van der Waals surface area contributed by atoms with E-state index in [1.165, 1.54) is 6.42 Å². The molecule has 0 radical (unpaired) electrons. The maximum absolute atomic E-state index is 13.5. The monoisotopic (exact) mass is 536 g/mol. The van der Waals surface area contributed by atoms with Crippen molar-refractivity contribution in [3.8, 4) is 0 Å². The zero-order chi connectivity index (χ0) is 25.3. The summed E-state index contributed by atoms with van der Waals surface area (Å²) in [6, 6.07) is 0. The van der Waals surface area contributed by atoms with Crippen LogP contribution in [0.5, 0.6) is 0 Å². The molecule has 0 aromatic rings. The quantitative estimate of drug-likeness (QED) is 0.116. The van der Waals surface area contributed by atoms with Crippen molar-refractivity contribution in [2.45, 2.75) is 104 Å². The largest absolute Gasteiger partial charge is 0.461 e. The van der Waals surface area contributed by atoms with Gasteiger partial charge in [0.05, 0.1) is 6.10 Å². The summed E-state index contributed by atoms with van der Waals surface area (Å²) in [7, 11) is 0. The number of carbonyl (C=O) groups excluding carboxylic acids is 2. The number of hydrogen-bond acceptors (Lipinski definition) is 4. The van der Waals surface area contributed by atoms with Crippen LogP contribution in [0, 0.1) is 34.0 Å². The number of allylic oxidation sites excluding steroid dienone is 1. The van der Waals surface area contributed by atoms with E-state index in [0.717, 1.165) is 43.9 Å². The van der Waals surface area contributed by atoms with Gasteiger partial charge >= 0.3 is 5.97 Å². The van der Waals surface area contributed by atoms with Gasteiger partial charge in [-0.2, -0.15) is 0 Å². The molecule has 0 spiro atoms. The predicted molar refractivity (Wildman–Crippen MR) is 141 cm³/mol. The number of ether oxygens (including phenoxy) is 1. The summed E-state index contributed by atoms with van der Waals surface area (Å²) >= 11 is 3.46. The molecule has 0 aromatic carbocycles. The lowest BCUT2D eigenvalue weighted by atomic mass is 9.44. The van der Waals surface area contributed by atoms with Crippen LogP contribution in [-0.2, 0) is 14.3 Å². The van der Waals surface area contributed by atoms with E-state index in [4.69, 9.17) is 4.74 Å². The second-order valence-electron chi connectivity index (χ2n) is 12.0. The van der Waals surface area contributed by atoms with Crippen molar-refractivity contribution in [1.82, 2.24) is 0 Å². The van der Waals surface area contributed by atoms with Gasteiger partial charge in [-0.05, 0) is 55.4 Å². The third-order valence-electron chi connectivity index (χ3n) is 10.1. The Morgan fingerprint density at radius 3 is 2.50 bits per heavy atom. The minimum absolute atomic E-state index is 0.0362. The van der Waals surface area contributed by atoms with Crippen LogP contribution >= 0.6 is 15.9 Å². The number of alkyl halides is 1. The fourth-order valence-electron chi connectivity index (χ4n) is 7.60. The molecule has 2 bridgehead atoms. The van der Waals surface area contributed by atoms with Gasteiger partial charge in [0.1, 0.15) is 6.10 Å². The summed E-state index contributed by atoms with van der Waals surface area (Å²) < 4.78 is 6.28. The molecule has 0 aromatic heterocycles. The maximum atomic E-state index is 13.5. The van der Waals surface area contributed by atoms with Crippen molar-refractivity contribution < 1.29 is 19.4 Å². The number of aliphatic hydroxyl groups excluding tert-OH is 1. The highest BCUT2D eigenvalue weighted by Gasteiger charge is 2.68. The topological polar surface area (TPSA) is 63.6 Å². The molecule has 3 saturated carbocycles. The first-order valence-corrected chi connectivity index (χ1v) is 14.4. The highest BCUT2D eigenvalue weighted by molar-refractivity contribution is 9.09. The average molecular weight is 538 g/mol. The van der Waals surface area contributed by atoms with Crippen LogP contribution < -0.4 is 0 Å². The summed E-state index contributed by atoms with van der Waals surface area (Å²) in [5.74, 6) is -0.170. The summed E-state index contributed by atoms with van der Waals surface area (Å²) in [5.41, 5.74) is -0.785. The second-order valence-corrected chi connectivity index (χ2v) is 12.7. The highest BCUT2D eigenvalue weighted by Crippen LogP contribution is 2.68. The third-order valence-corrected chi connectivity index (χ3v) is 10.6. The van der Waals surface area contributed by atoms with E-state index in [9.17, 15) is 14.7 Å². The van der Waals surface area contributed by atoms with Gasteiger partial charge in [-0.3, -0.25) is 9.59 Å². The number of unbranched alkanes of at least 4 members (excludes halogenated alkanes) is 4. The Balaban J connectivity index is 1.90. The molecule has 0 aliphatic heterocycles. The van der Waals surface area contributed by atoms with Gasteiger partial charge in [-0.25, -0.2) is 0 Å². The van der Waals surface area contributed by atoms with Gasteiger partial charge in [-0.1, -0.05) is 75.5 Å². The zero-order valence-corrected chi connectivity index (χ0v) is 23.3. The molecular formula is C29H45BrO4. The van der Waals surface area contributed by atoms with Gasteiger partial charge in [0.15, 0.2) is 5.78 Å². The molecular weight excluding hydrogens is 492 g/mol. The van der Waals surface area contributed by atoms with Crippen molar-refractivity contribution in [2.75, 3.05) is 5.33 Å².